The predicted molar refractivity (Wildman–Crippen MR) is 133 cm³/mol. The molecule has 1 amide bonds. The summed E-state index contributed by atoms with van der Waals surface area (Å²) >= 11 is 0. The molecule has 0 saturated heterocycles. The summed E-state index contributed by atoms with van der Waals surface area (Å²) in [4.78, 5) is 30.4. The summed E-state index contributed by atoms with van der Waals surface area (Å²) in [7, 11) is -0.257. The first kappa shape index (κ1) is 25.3. The van der Waals surface area contributed by atoms with E-state index in [4.69, 9.17) is 0 Å². The zero-order valence-corrected chi connectivity index (χ0v) is 20.4. The Balaban J connectivity index is 1.96. The van der Waals surface area contributed by atoms with E-state index in [0.717, 1.165) is 19.1 Å². The number of unbranched alkanes of at least 4 members (excludes halogenated alkanes) is 1. The first-order valence-corrected chi connectivity index (χ1v) is 12.6. The number of amides is 1. The van der Waals surface area contributed by atoms with Crippen molar-refractivity contribution in [1.82, 2.24) is 15.2 Å². The molecule has 0 radical (unpaired) electrons. The van der Waals surface area contributed by atoms with Gasteiger partial charge in [-0.05, 0) is 50.3 Å². The number of benzene rings is 2. The molecular weight excluding hydrogens is 452 g/mol. The third kappa shape index (κ3) is 6.18. The number of hydrogen-bond acceptors (Lipinski definition) is 6. The van der Waals surface area contributed by atoms with E-state index in [0.29, 0.717) is 35.1 Å². The van der Waals surface area contributed by atoms with Crippen LogP contribution in [0.3, 0.4) is 0 Å². The van der Waals surface area contributed by atoms with Crippen LogP contribution >= 0.6 is 0 Å². The molecule has 0 aliphatic heterocycles. The van der Waals surface area contributed by atoms with Gasteiger partial charge in [0.15, 0.2) is 0 Å². The molecule has 3 rings (SSSR count). The highest BCUT2D eigenvalue weighted by atomic mass is 32.2. The Morgan fingerprint density at radius 1 is 1.15 bits per heavy atom. The highest BCUT2D eigenvalue weighted by molar-refractivity contribution is 7.93. The van der Waals surface area contributed by atoms with Gasteiger partial charge in [0, 0.05) is 23.7 Å². The van der Waals surface area contributed by atoms with Gasteiger partial charge in [0.1, 0.15) is 11.2 Å². The van der Waals surface area contributed by atoms with Crippen molar-refractivity contribution < 1.29 is 18.0 Å². The Hall–Kier alpha value is -3.30. The number of rotatable bonds is 11. The van der Waals surface area contributed by atoms with Crippen molar-refractivity contribution >= 4 is 38.8 Å². The maximum Gasteiger partial charge on any atom is 0.264 e. The monoisotopic (exact) mass is 482 g/mol. The van der Waals surface area contributed by atoms with E-state index in [1.807, 2.05) is 25.9 Å². The molecule has 1 heterocycles. The van der Waals surface area contributed by atoms with Crippen LogP contribution in [0, 0.1) is 0 Å². The normalized spacial score (nSPS) is 12.5. The lowest BCUT2D eigenvalue weighted by atomic mass is 10.1. The smallest absolute Gasteiger partial charge is 0.264 e. The first-order chi connectivity index (χ1) is 16.2. The molecule has 0 spiro atoms. The molecule has 1 unspecified atom stereocenters. The Morgan fingerprint density at radius 3 is 2.62 bits per heavy atom. The van der Waals surface area contributed by atoms with Gasteiger partial charge < -0.3 is 15.0 Å². The van der Waals surface area contributed by atoms with Crippen molar-refractivity contribution in [3.63, 3.8) is 0 Å². The number of aldehydes is 1. The molecule has 8 nitrogen and oxygen atoms in total. The number of para-hydroxylation sites is 1. The summed E-state index contributed by atoms with van der Waals surface area (Å²) < 4.78 is 29.4. The highest BCUT2D eigenvalue weighted by Crippen LogP contribution is 2.26. The van der Waals surface area contributed by atoms with Gasteiger partial charge in [0.25, 0.3) is 15.9 Å². The van der Waals surface area contributed by atoms with Crippen LogP contribution in [0.15, 0.2) is 59.6 Å². The number of aromatic nitrogens is 1. The summed E-state index contributed by atoms with van der Waals surface area (Å²) in [6.07, 6.45) is 4.55. The van der Waals surface area contributed by atoms with Crippen LogP contribution in [0.5, 0.6) is 0 Å². The maximum atomic E-state index is 13.4. The SMILES string of the molecule is CCCCC(C=O)NC(=O)c1ccc(CN(C)C)c(NS(=O)(=O)c2cccc3cccnc23)c1. The number of nitrogens with zero attached hydrogens (tertiary/aromatic N) is 2. The molecule has 34 heavy (non-hydrogen) atoms. The fourth-order valence-corrected chi connectivity index (χ4v) is 4.91. The van der Waals surface area contributed by atoms with Crippen molar-refractivity contribution in [2.45, 2.75) is 43.7 Å². The molecular formula is C25H30N4O4S. The molecule has 0 saturated carbocycles. The lowest BCUT2D eigenvalue weighted by molar-refractivity contribution is -0.109. The largest absolute Gasteiger partial charge is 0.343 e. The highest BCUT2D eigenvalue weighted by Gasteiger charge is 2.21. The number of carbonyl (C=O) groups is 2. The van der Waals surface area contributed by atoms with Crippen LogP contribution in [-0.2, 0) is 21.4 Å². The number of nitrogens with one attached hydrogen (secondary N) is 2. The van der Waals surface area contributed by atoms with E-state index in [-0.39, 0.29) is 10.5 Å². The molecule has 9 heteroatoms. The Labute approximate surface area is 200 Å². The number of pyridine rings is 1. The zero-order chi connectivity index (χ0) is 24.7. The summed E-state index contributed by atoms with van der Waals surface area (Å²) in [5.74, 6) is -0.433. The summed E-state index contributed by atoms with van der Waals surface area (Å²) in [6.45, 7) is 2.47. The zero-order valence-electron chi connectivity index (χ0n) is 19.6. The minimum atomic E-state index is -4.00. The van der Waals surface area contributed by atoms with E-state index >= 15 is 0 Å². The van der Waals surface area contributed by atoms with Crippen molar-refractivity contribution in [2.24, 2.45) is 0 Å². The fraction of sp³-hybridized carbons (Fsp3) is 0.320. The second kappa shape index (κ2) is 11.2. The summed E-state index contributed by atoms with van der Waals surface area (Å²) in [5.41, 5.74) is 1.63. The molecule has 2 N–H and O–H groups in total. The Bertz CT molecular complexity index is 1270. The molecule has 3 aromatic rings. The molecule has 0 aliphatic rings. The van der Waals surface area contributed by atoms with Gasteiger partial charge in [-0.1, -0.05) is 44.0 Å². The number of fused-ring (bicyclic) bond motifs is 1. The predicted octanol–water partition coefficient (Wildman–Crippen LogP) is 3.58. The van der Waals surface area contributed by atoms with Crippen LogP contribution in [0.4, 0.5) is 5.69 Å². The van der Waals surface area contributed by atoms with E-state index in [1.54, 1.807) is 42.6 Å². The van der Waals surface area contributed by atoms with Crippen LogP contribution in [0.25, 0.3) is 10.9 Å². The van der Waals surface area contributed by atoms with Crippen LogP contribution in [0.2, 0.25) is 0 Å². The summed E-state index contributed by atoms with van der Waals surface area (Å²) in [6, 6.07) is 12.8. The Kier molecular flexibility index (Phi) is 8.36. The van der Waals surface area contributed by atoms with Crippen LogP contribution in [-0.4, -0.2) is 50.6 Å². The van der Waals surface area contributed by atoms with Crippen LogP contribution < -0.4 is 10.0 Å². The van der Waals surface area contributed by atoms with Crippen molar-refractivity contribution in [2.75, 3.05) is 18.8 Å². The molecule has 2 aromatic carbocycles. The topological polar surface area (TPSA) is 108 Å². The molecule has 0 fully saturated rings. The maximum absolute atomic E-state index is 13.4. The van der Waals surface area contributed by atoms with Crippen molar-refractivity contribution in [1.29, 1.82) is 0 Å². The molecule has 1 atom stereocenters. The number of sulfonamides is 1. The van der Waals surface area contributed by atoms with E-state index in [2.05, 4.69) is 15.0 Å². The number of carbonyl (C=O) groups excluding carboxylic acids is 2. The van der Waals surface area contributed by atoms with E-state index in [9.17, 15) is 18.0 Å². The van der Waals surface area contributed by atoms with Gasteiger partial charge >= 0.3 is 0 Å². The van der Waals surface area contributed by atoms with Gasteiger partial charge in [-0.15, -0.1) is 0 Å². The van der Waals surface area contributed by atoms with Gasteiger partial charge in [0.2, 0.25) is 0 Å². The minimum Gasteiger partial charge on any atom is -0.343 e. The third-order valence-corrected chi connectivity index (χ3v) is 6.73. The average Bonchev–Trinajstić information content (AvgIpc) is 2.81. The van der Waals surface area contributed by atoms with Gasteiger partial charge in [-0.3, -0.25) is 14.5 Å². The molecule has 1 aromatic heterocycles. The number of hydrogen-bond donors (Lipinski definition) is 2. The summed E-state index contributed by atoms with van der Waals surface area (Å²) in [5, 5.41) is 3.43. The quantitative estimate of drug-likeness (QED) is 0.405. The van der Waals surface area contributed by atoms with E-state index in [1.165, 1.54) is 12.1 Å². The van der Waals surface area contributed by atoms with E-state index < -0.39 is 22.0 Å². The van der Waals surface area contributed by atoms with Gasteiger partial charge in [-0.2, -0.15) is 0 Å². The molecule has 180 valence electrons. The van der Waals surface area contributed by atoms with Crippen LogP contribution in [0.1, 0.15) is 42.1 Å². The standard InChI is InChI=1S/C25H30N4O4S/c1-4-5-10-21(17-30)27-25(31)19-12-13-20(16-29(2)3)22(15-19)28-34(32,33)23-11-6-8-18-9-7-14-26-24(18)23/h6-9,11-15,17,21,28H,4-5,10,16H2,1-3H3,(H,27,31). The lowest BCUT2D eigenvalue weighted by Gasteiger charge is -2.18. The fourth-order valence-electron chi connectivity index (χ4n) is 3.63. The second-order valence-electron chi connectivity index (χ2n) is 8.40. The average molecular weight is 483 g/mol. The second-order valence-corrected chi connectivity index (χ2v) is 10.1. The lowest BCUT2D eigenvalue weighted by Crippen LogP contribution is -2.36. The minimum absolute atomic E-state index is 0.0526. The van der Waals surface area contributed by atoms with Gasteiger partial charge in [-0.25, -0.2) is 8.42 Å². The van der Waals surface area contributed by atoms with Gasteiger partial charge in [0.05, 0.1) is 17.2 Å². The molecule has 0 bridgehead atoms. The molecule has 0 aliphatic carbocycles. The number of anilines is 1. The van der Waals surface area contributed by atoms with Crippen molar-refractivity contribution in [3.05, 3.63) is 65.9 Å². The van der Waals surface area contributed by atoms with Crippen molar-refractivity contribution in [3.8, 4) is 0 Å². The first-order valence-electron chi connectivity index (χ1n) is 11.2. The Morgan fingerprint density at radius 2 is 1.91 bits per heavy atom. The third-order valence-electron chi connectivity index (χ3n) is 5.34.